The van der Waals surface area contributed by atoms with Crippen molar-refractivity contribution in [3.05, 3.63) is 0 Å². The standard InChI is InChI=1S/C30H54N2O3/c1-19(2)31-15-16-32-22-13-14-29(4)21(17-22)8-9-23-25-11-10-24(20(3)7-12-28(34)35-6)30(25,5)27(33)18-26(23)29/h19-27,31-33H,7-18H2,1-6H3/t20-,21+,22-,23?,24?,25?,26?,27+,29-,30+/m0/s1. The molecule has 3 N–H and O–H groups in total. The predicted molar refractivity (Wildman–Crippen MR) is 142 cm³/mol. The molecule has 4 aliphatic rings. The van der Waals surface area contributed by atoms with Crippen LogP contribution < -0.4 is 10.6 Å². The van der Waals surface area contributed by atoms with Crippen LogP contribution in [-0.2, 0) is 9.53 Å². The summed E-state index contributed by atoms with van der Waals surface area (Å²) in [7, 11) is 1.48. The molecule has 0 aromatic carbocycles. The lowest BCUT2D eigenvalue weighted by Gasteiger charge is -2.62. The Hall–Kier alpha value is -0.650. The number of ether oxygens (including phenoxy) is 1. The molecule has 0 aromatic heterocycles. The van der Waals surface area contributed by atoms with Crippen LogP contribution in [0.2, 0.25) is 0 Å². The zero-order chi connectivity index (χ0) is 25.4. The molecular formula is C30H54N2O3. The summed E-state index contributed by atoms with van der Waals surface area (Å²) in [4.78, 5) is 11.8. The summed E-state index contributed by atoms with van der Waals surface area (Å²) in [5.74, 6) is 3.72. The molecule has 5 nitrogen and oxygen atoms in total. The number of esters is 1. The van der Waals surface area contributed by atoms with Crippen LogP contribution in [0, 0.1) is 46.3 Å². The van der Waals surface area contributed by atoms with Crippen LogP contribution in [0.5, 0.6) is 0 Å². The number of nitrogens with one attached hydrogen (secondary N) is 2. The second kappa shape index (κ2) is 11.0. The van der Waals surface area contributed by atoms with Crippen LogP contribution in [0.3, 0.4) is 0 Å². The Morgan fingerprint density at radius 1 is 1.03 bits per heavy atom. The van der Waals surface area contributed by atoms with Crippen molar-refractivity contribution < 1.29 is 14.6 Å². The summed E-state index contributed by atoms with van der Waals surface area (Å²) in [5.41, 5.74) is 0.385. The number of methoxy groups -OCH3 is 1. The number of fused-ring (bicyclic) bond motifs is 5. The molecule has 0 radical (unpaired) electrons. The molecular weight excluding hydrogens is 436 g/mol. The molecule has 4 saturated carbocycles. The Kier molecular flexibility index (Phi) is 8.60. The van der Waals surface area contributed by atoms with Crippen LogP contribution in [0.1, 0.15) is 98.8 Å². The highest BCUT2D eigenvalue weighted by molar-refractivity contribution is 5.69. The average molecular weight is 491 g/mol. The van der Waals surface area contributed by atoms with Crippen molar-refractivity contribution in [3.8, 4) is 0 Å². The normalized spacial score (nSPS) is 43.8. The van der Waals surface area contributed by atoms with Gasteiger partial charge in [0, 0.05) is 31.6 Å². The summed E-state index contributed by atoms with van der Waals surface area (Å²) in [5, 5.41) is 19.1. The van der Waals surface area contributed by atoms with Crippen LogP contribution >= 0.6 is 0 Å². The summed E-state index contributed by atoms with van der Waals surface area (Å²) >= 11 is 0. The minimum absolute atomic E-state index is 0.00206. The SMILES string of the molecule is COC(=O)CC[C@H](C)C1CCC2C3CC[C@@H]4C[C@@H](NCCNC(C)C)CC[C@]4(C)C3C[C@@H](O)[C@@]21C. The number of carbonyl (C=O) groups excluding carboxylic acids is 1. The fourth-order valence-electron chi connectivity index (χ4n) is 9.65. The minimum atomic E-state index is -0.213. The molecule has 0 spiro atoms. The van der Waals surface area contributed by atoms with Crippen molar-refractivity contribution in [3.63, 3.8) is 0 Å². The van der Waals surface area contributed by atoms with Gasteiger partial charge in [0.1, 0.15) is 0 Å². The van der Waals surface area contributed by atoms with Crippen molar-refractivity contribution in [1.82, 2.24) is 10.6 Å². The van der Waals surface area contributed by atoms with E-state index < -0.39 is 0 Å². The van der Waals surface area contributed by atoms with E-state index in [1.807, 2.05) is 0 Å². The zero-order valence-electron chi connectivity index (χ0n) is 23.4. The third kappa shape index (κ3) is 5.21. The predicted octanol–water partition coefficient (Wildman–Crippen LogP) is 5.16. The van der Waals surface area contributed by atoms with Crippen molar-refractivity contribution in [2.75, 3.05) is 20.2 Å². The van der Waals surface area contributed by atoms with E-state index in [9.17, 15) is 9.90 Å². The van der Waals surface area contributed by atoms with Crippen molar-refractivity contribution in [1.29, 1.82) is 0 Å². The number of rotatable bonds is 9. The number of aliphatic hydroxyl groups excluding tert-OH is 1. The Morgan fingerprint density at radius 2 is 1.80 bits per heavy atom. The van der Waals surface area contributed by atoms with E-state index in [0.717, 1.165) is 37.8 Å². The van der Waals surface area contributed by atoms with Crippen molar-refractivity contribution >= 4 is 5.97 Å². The first-order valence-corrected chi connectivity index (χ1v) is 14.8. The molecule has 0 bridgehead atoms. The molecule has 0 amide bonds. The molecule has 0 saturated heterocycles. The lowest BCUT2D eigenvalue weighted by Crippen LogP contribution is -2.59. The van der Waals surface area contributed by atoms with Gasteiger partial charge in [0.05, 0.1) is 13.2 Å². The second-order valence-electron chi connectivity index (χ2n) is 13.6. The summed E-state index contributed by atoms with van der Waals surface area (Å²) in [6.07, 6.45) is 11.2. The Balaban J connectivity index is 1.40. The maximum atomic E-state index is 11.8. The first kappa shape index (κ1) is 27.4. The van der Waals surface area contributed by atoms with E-state index in [1.54, 1.807) is 0 Å². The Bertz CT molecular complexity index is 728. The van der Waals surface area contributed by atoms with Gasteiger partial charge in [0.15, 0.2) is 0 Å². The molecule has 0 heterocycles. The van der Waals surface area contributed by atoms with Gasteiger partial charge < -0.3 is 20.5 Å². The van der Waals surface area contributed by atoms with E-state index >= 15 is 0 Å². The third-order valence-electron chi connectivity index (χ3n) is 11.7. The van der Waals surface area contributed by atoms with Gasteiger partial charge in [-0.1, -0.05) is 34.6 Å². The van der Waals surface area contributed by atoms with Gasteiger partial charge >= 0.3 is 5.97 Å². The first-order chi connectivity index (χ1) is 16.6. The average Bonchev–Trinajstić information content (AvgIpc) is 3.19. The molecule has 4 fully saturated rings. The van der Waals surface area contributed by atoms with Crippen LogP contribution in [-0.4, -0.2) is 49.5 Å². The Labute approximate surface area is 214 Å². The van der Waals surface area contributed by atoms with Gasteiger partial charge in [-0.3, -0.25) is 4.79 Å². The summed E-state index contributed by atoms with van der Waals surface area (Å²) in [6.45, 7) is 13.8. The minimum Gasteiger partial charge on any atom is -0.469 e. The van der Waals surface area contributed by atoms with Gasteiger partial charge in [0.25, 0.3) is 0 Å². The van der Waals surface area contributed by atoms with Gasteiger partial charge in [-0.2, -0.15) is 0 Å². The molecule has 0 aliphatic heterocycles. The summed E-state index contributed by atoms with van der Waals surface area (Å²) in [6, 6.07) is 1.21. The van der Waals surface area contributed by atoms with E-state index in [4.69, 9.17) is 4.74 Å². The lowest BCUT2D eigenvalue weighted by molar-refractivity contribution is -0.170. The quantitative estimate of drug-likeness (QED) is 0.308. The monoisotopic (exact) mass is 490 g/mol. The molecule has 5 heteroatoms. The van der Waals surface area contributed by atoms with E-state index in [0.29, 0.717) is 47.6 Å². The Morgan fingerprint density at radius 3 is 2.51 bits per heavy atom. The van der Waals surface area contributed by atoms with Crippen LogP contribution in [0.25, 0.3) is 0 Å². The third-order valence-corrected chi connectivity index (χ3v) is 11.7. The maximum absolute atomic E-state index is 11.8. The topological polar surface area (TPSA) is 70.6 Å². The van der Waals surface area contributed by atoms with Crippen LogP contribution in [0.15, 0.2) is 0 Å². The molecule has 4 unspecified atom stereocenters. The highest BCUT2D eigenvalue weighted by Gasteiger charge is 2.63. The molecule has 35 heavy (non-hydrogen) atoms. The molecule has 0 aromatic rings. The number of hydrogen-bond donors (Lipinski definition) is 3. The van der Waals surface area contributed by atoms with E-state index in [-0.39, 0.29) is 17.5 Å². The van der Waals surface area contributed by atoms with Crippen LogP contribution in [0.4, 0.5) is 0 Å². The van der Waals surface area contributed by atoms with Crippen molar-refractivity contribution in [2.45, 2.75) is 117 Å². The van der Waals surface area contributed by atoms with Gasteiger partial charge in [-0.25, -0.2) is 0 Å². The van der Waals surface area contributed by atoms with E-state index in [1.165, 1.54) is 52.1 Å². The fourth-order valence-corrected chi connectivity index (χ4v) is 9.65. The van der Waals surface area contributed by atoms with Gasteiger partial charge in [-0.15, -0.1) is 0 Å². The maximum Gasteiger partial charge on any atom is 0.305 e. The smallest absolute Gasteiger partial charge is 0.305 e. The number of carbonyl (C=O) groups is 1. The molecule has 4 rings (SSSR count). The second-order valence-corrected chi connectivity index (χ2v) is 13.6. The molecule has 10 atom stereocenters. The van der Waals surface area contributed by atoms with Gasteiger partial charge in [0.2, 0.25) is 0 Å². The molecule has 202 valence electrons. The molecule has 4 aliphatic carbocycles. The first-order valence-electron chi connectivity index (χ1n) is 14.8. The van der Waals surface area contributed by atoms with E-state index in [2.05, 4.69) is 45.3 Å². The van der Waals surface area contributed by atoms with Crippen molar-refractivity contribution in [2.24, 2.45) is 46.3 Å². The highest BCUT2D eigenvalue weighted by Crippen LogP contribution is 2.68. The zero-order valence-corrected chi connectivity index (χ0v) is 23.4. The number of aliphatic hydroxyl groups is 1. The largest absolute Gasteiger partial charge is 0.469 e. The highest BCUT2D eigenvalue weighted by atomic mass is 16.5. The lowest BCUT2D eigenvalue weighted by atomic mass is 9.43. The number of hydrogen-bond acceptors (Lipinski definition) is 5. The van der Waals surface area contributed by atoms with Gasteiger partial charge in [-0.05, 0) is 104 Å². The fraction of sp³-hybridized carbons (Fsp3) is 0.967. The summed E-state index contributed by atoms with van der Waals surface area (Å²) < 4.78 is 4.90.